The second-order valence-corrected chi connectivity index (χ2v) is 6.84. The molecule has 0 aromatic carbocycles. The summed E-state index contributed by atoms with van der Waals surface area (Å²) in [7, 11) is -1.49. The molecule has 0 radical (unpaired) electrons. The molecule has 1 aliphatic heterocycles. The average molecular weight is 277 g/mol. The van der Waals surface area contributed by atoms with E-state index in [1.54, 1.807) is 7.05 Å². The lowest BCUT2D eigenvalue weighted by Crippen LogP contribution is -2.61. The Kier molecular flexibility index (Phi) is 4.74. The number of sulfonamides is 1. The number of nitrogens with one attached hydrogen (secondary N) is 1. The van der Waals surface area contributed by atoms with Crippen LogP contribution in [0.25, 0.3) is 0 Å². The molecule has 1 amide bonds. The highest BCUT2D eigenvalue weighted by Crippen LogP contribution is 2.22. The molecule has 0 aliphatic carbocycles. The summed E-state index contributed by atoms with van der Waals surface area (Å²) in [6.45, 7) is 5.95. The molecule has 1 aliphatic rings. The van der Waals surface area contributed by atoms with E-state index in [1.807, 2.05) is 13.8 Å². The third-order valence-electron chi connectivity index (χ3n) is 3.81. The molecule has 1 N–H and O–H groups in total. The van der Waals surface area contributed by atoms with Crippen LogP contribution in [0.1, 0.15) is 20.3 Å². The smallest absolute Gasteiger partial charge is 0.239 e. The minimum atomic E-state index is -3.12. The van der Waals surface area contributed by atoms with Crippen LogP contribution in [-0.2, 0) is 14.8 Å². The van der Waals surface area contributed by atoms with Crippen molar-refractivity contribution < 1.29 is 13.2 Å². The molecule has 18 heavy (non-hydrogen) atoms. The van der Waals surface area contributed by atoms with Gasteiger partial charge in [0.05, 0.1) is 11.8 Å². The van der Waals surface area contributed by atoms with Gasteiger partial charge >= 0.3 is 0 Å². The van der Waals surface area contributed by atoms with Gasteiger partial charge in [0.1, 0.15) is 0 Å². The van der Waals surface area contributed by atoms with E-state index in [0.29, 0.717) is 32.6 Å². The van der Waals surface area contributed by atoms with Crippen LogP contribution in [-0.4, -0.2) is 68.6 Å². The number of likely N-dealkylation sites (N-methyl/N-ethyl adjacent to an activating group) is 1. The van der Waals surface area contributed by atoms with Gasteiger partial charge in [-0.2, -0.15) is 4.31 Å². The summed E-state index contributed by atoms with van der Waals surface area (Å²) < 4.78 is 24.3. The highest BCUT2D eigenvalue weighted by atomic mass is 32.2. The van der Waals surface area contributed by atoms with Crippen molar-refractivity contribution in [3.63, 3.8) is 0 Å². The minimum absolute atomic E-state index is 0.0159. The molecule has 0 saturated carbocycles. The van der Waals surface area contributed by atoms with E-state index >= 15 is 0 Å². The van der Waals surface area contributed by atoms with Crippen molar-refractivity contribution in [1.29, 1.82) is 0 Å². The van der Waals surface area contributed by atoms with Crippen molar-refractivity contribution >= 4 is 15.9 Å². The molecule has 7 heteroatoms. The van der Waals surface area contributed by atoms with Gasteiger partial charge in [-0.3, -0.25) is 9.69 Å². The fraction of sp³-hybridized carbons (Fsp3) is 0.909. The predicted octanol–water partition coefficient (Wildman–Crippen LogP) is -0.522. The highest BCUT2D eigenvalue weighted by Gasteiger charge is 2.39. The quantitative estimate of drug-likeness (QED) is 0.750. The largest absolute Gasteiger partial charge is 0.358 e. The van der Waals surface area contributed by atoms with Crippen LogP contribution < -0.4 is 5.32 Å². The maximum atomic E-state index is 12.0. The Morgan fingerprint density at radius 2 is 1.78 bits per heavy atom. The first-order valence-corrected chi connectivity index (χ1v) is 8.03. The summed E-state index contributed by atoms with van der Waals surface area (Å²) >= 11 is 0. The SMILES string of the molecule is CCC(C)(C(=O)NC)N1CCN(S(C)(=O)=O)CC1. The third kappa shape index (κ3) is 3.02. The van der Waals surface area contributed by atoms with E-state index in [-0.39, 0.29) is 5.91 Å². The van der Waals surface area contributed by atoms with E-state index in [9.17, 15) is 13.2 Å². The van der Waals surface area contributed by atoms with Crippen LogP contribution in [0.4, 0.5) is 0 Å². The second-order valence-electron chi connectivity index (χ2n) is 4.86. The summed E-state index contributed by atoms with van der Waals surface area (Å²) in [5, 5.41) is 2.68. The van der Waals surface area contributed by atoms with Crippen LogP contribution in [0.5, 0.6) is 0 Å². The number of rotatable bonds is 4. The monoisotopic (exact) mass is 277 g/mol. The minimum Gasteiger partial charge on any atom is -0.358 e. The van der Waals surface area contributed by atoms with Crippen molar-refractivity contribution in [3.8, 4) is 0 Å². The van der Waals surface area contributed by atoms with Gasteiger partial charge < -0.3 is 5.32 Å². The standard InChI is InChI=1S/C11H23N3O3S/c1-5-11(2,10(15)12-3)13-6-8-14(9-7-13)18(4,16)17/h5-9H2,1-4H3,(H,12,15). The molecule has 1 rings (SSSR count). The van der Waals surface area contributed by atoms with Gasteiger partial charge in [0.15, 0.2) is 0 Å². The highest BCUT2D eigenvalue weighted by molar-refractivity contribution is 7.88. The van der Waals surface area contributed by atoms with Crippen LogP contribution >= 0.6 is 0 Å². The summed E-state index contributed by atoms with van der Waals surface area (Å²) in [6.07, 6.45) is 1.92. The number of carbonyl (C=O) groups is 1. The van der Waals surface area contributed by atoms with Crippen molar-refractivity contribution in [1.82, 2.24) is 14.5 Å². The maximum Gasteiger partial charge on any atom is 0.239 e. The summed E-state index contributed by atoms with van der Waals surface area (Å²) in [5.74, 6) is -0.0159. The molecule has 1 fully saturated rings. The first kappa shape index (κ1) is 15.4. The molecular formula is C11H23N3O3S. The number of piperazine rings is 1. The Labute approximate surface area is 109 Å². The molecule has 0 bridgehead atoms. The Morgan fingerprint density at radius 1 is 1.28 bits per heavy atom. The molecule has 1 heterocycles. The number of nitrogens with zero attached hydrogens (tertiary/aromatic N) is 2. The van der Waals surface area contributed by atoms with E-state index in [4.69, 9.17) is 0 Å². The van der Waals surface area contributed by atoms with Gasteiger partial charge in [0.2, 0.25) is 15.9 Å². The molecular weight excluding hydrogens is 254 g/mol. The molecule has 6 nitrogen and oxygen atoms in total. The predicted molar refractivity (Wildman–Crippen MR) is 70.8 cm³/mol. The topological polar surface area (TPSA) is 69.7 Å². The normalized spacial score (nSPS) is 22.4. The van der Waals surface area contributed by atoms with Gasteiger partial charge in [-0.05, 0) is 13.3 Å². The van der Waals surface area contributed by atoms with Crippen molar-refractivity contribution in [2.45, 2.75) is 25.8 Å². The molecule has 0 aromatic rings. The lowest BCUT2D eigenvalue weighted by molar-refractivity contribution is -0.133. The summed E-state index contributed by atoms with van der Waals surface area (Å²) in [4.78, 5) is 14.0. The van der Waals surface area contributed by atoms with E-state index < -0.39 is 15.6 Å². The van der Waals surface area contributed by atoms with Crippen LogP contribution in [0.3, 0.4) is 0 Å². The molecule has 1 atom stereocenters. The lowest BCUT2D eigenvalue weighted by Gasteiger charge is -2.43. The fourth-order valence-electron chi connectivity index (χ4n) is 2.31. The summed E-state index contributed by atoms with van der Waals surface area (Å²) in [5.41, 5.74) is -0.557. The van der Waals surface area contributed by atoms with E-state index in [1.165, 1.54) is 10.6 Å². The van der Waals surface area contributed by atoms with Crippen molar-refractivity contribution in [2.24, 2.45) is 0 Å². The molecule has 106 valence electrons. The number of carbonyl (C=O) groups excluding carboxylic acids is 1. The van der Waals surface area contributed by atoms with Crippen LogP contribution in [0, 0.1) is 0 Å². The van der Waals surface area contributed by atoms with Crippen molar-refractivity contribution in [3.05, 3.63) is 0 Å². The zero-order chi connectivity index (χ0) is 14.0. The van der Waals surface area contributed by atoms with Crippen molar-refractivity contribution in [2.75, 3.05) is 39.5 Å². The van der Waals surface area contributed by atoms with Gasteiger partial charge in [0, 0.05) is 33.2 Å². The van der Waals surface area contributed by atoms with Gasteiger partial charge in [-0.25, -0.2) is 8.42 Å². The molecule has 0 aromatic heterocycles. The zero-order valence-corrected chi connectivity index (χ0v) is 12.4. The van der Waals surface area contributed by atoms with Gasteiger partial charge in [-0.15, -0.1) is 0 Å². The Morgan fingerprint density at radius 3 is 2.11 bits per heavy atom. The Hall–Kier alpha value is -0.660. The van der Waals surface area contributed by atoms with E-state index in [0.717, 1.165) is 0 Å². The zero-order valence-electron chi connectivity index (χ0n) is 11.6. The maximum absolute atomic E-state index is 12.0. The van der Waals surface area contributed by atoms with Gasteiger partial charge in [0.25, 0.3) is 0 Å². The molecule has 1 unspecified atom stereocenters. The first-order chi connectivity index (χ1) is 8.25. The van der Waals surface area contributed by atoms with E-state index in [2.05, 4.69) is 10.2 Å². The Balaban J connectivity index is 2.75. The Bertz CT molecular complexity index is 402. The number of amides is 1. The average Bonchev–Trinajstić information content (AvgIpc) is 2.36. The second kappa shape index (κ2) is 5.54. The number of hydrogen-bond donors (Lipinski definition) is 1. The molecule has 0 spiro atoms. The number of hydrogen-bond acceptors (Lipinski definition) is 4. The first-order valence-electron chi connectivity index (χ1n) is 6.18. The van der Waals surface area contributed by atoms with Crippen LogP contribution in [0.15, 0.2) is 0 Å². The van der Waals surface area contributed by atoms with Gasteiger partial charge in [-0.1, -0.05) is 6.92 Å². The van der Waals surface area contributed by atoms with Crippen LogP contribution in [0.2, 0.25) is 0 Å². The molecule has 1 saturated heterocycles. The summed E-state index contributed by atoms with van der Waals surface area (Å²) in [6, 6.07) is 0. The fourth-order valence-corrected chi connectivity index (χ4v) is 3.14. The lowest BCUT2D eigenvalue weighted by atomic mass is 9.94. The third-order valence-corrected chi connectivity index (χ3v) is 5.11.